The van der Waals surface area contributed by atoms with Crippen molar-refractivity contribution < 1.29 is 9.13 Å². The fourth-order valence-corrected chi connectivity index (χ4v) is 5.98. The number of thioether (sulfide) groups is 1. The van der Waals surface area contributed by atoms with Crippen LogP contribution in [-0.2, 0) is 11.3 Å². The number of nitrogens with one attached hydrogen (secondary N) is 1. The average Bonchev–Trinajstić information content (AvgIpc) is 3.50. The van der Waals surface area contributed by atoms with Crippen LogP contribution in [0, 0.1) is 19.7 Å². The zero-order chi connectivity index (χ0) is 23.1. The average molecular weight is 486 g/mol. The summed E-state index contributed by atoms with van der Waals surface area (Å²) in [6.07, 6.45) is 2.09. The first-order valence-electron chi connectivity index (χ1n) is 10.9. The predicted octanol–water partition coefficient (Wildman–Crippen LogP) is 5.03. The molecule has 7 nitrogen and oxygen atoms in total. The molecule has 1 fully saturated rings. The summed E-state index contributed by atoms with van der Waals surface area (Å²) in [5, 5.41) is 10.1. The van der Waals surface area contributed by atoms with Gasteiger partial charge in [0.15, 0.2) is 11.0 Å². The van der Waals surface area contributed by atoms with Crippen LogP contribution in [0.15, 0.2) is 34.2 Å². The lowest BCUT2D eigenvalue weighted by Gasteiger charge is -2.16. The molecule has 0 radical (unpaired) electrons. The van der Waals surface area contributed by atoms with Crippen LogP contribution in [0.1, 0.15) is 41.3 Å². The van der Waals surface area contributed by atoms with Crippen molar-refractivity contribution in [1.29, 1.82) is 0 Å². The van der Waals surface area contributed by atoms with Crippen molar-refractivity contribution in [3.05, 3.63) is 56.7 Å². The first-order valence-corrected chi connectivity index (χ1v) is 12.6. The SMILES string of the molecule is Cc1sc2nc([C@H](C)Sc3nnc(-c4ccc(F)cc4)n3C[C@@H]3CCCO3)[nH]c(=O)c2c1C. The predicted molar refractivity (Wildman–Crippen MR) is 128 cm³/mol. The fraction of sp³-hybridized carbons (Fsp3) is 0.391. The van der Waals surface area contributed by atoms with Gasteiger partial charge in [0, 0.05) is 17.0 Å². The summed E-state index contributed by atoms with van der Waals surface area (Å²) in [6.45, 7) is 7.31. The Kier molecular flexibility index (Phi) is 6.07. The van der Waals surface area contributed by atoms with Crippen molar-refractivity contribution >= 4 is 33.3 Å². The minimum atomic E-state index is -0.295. The Morgan fingerprint density at radius 1 is 1.30 bits per heavy atom. The summed E-state index contributed by atoms with van der Waals surface area (Å²) in [4.78, 5) is 22.3. The van der Waals surface area contributed by atoms with Gasteiger partial charge in [0.1, 0.15) is 16.5 Å². The van der Waals surface area contributed by atoms with E-state index < -0.39 is 0 Å². The number of ether oxygens (including phenoxy) is 1. The molecule has 3 aromatic heterocycles. The van der Waals surface area contributed by atoms with E-state index >= 15 is 0 Å². The quantitative estimate of drug-likeness (QED) is 0.386. The monoisotopic (exact) mass is 485 g/mol. The van der Waals surface area contributed by atoms with Crippen LogP contribution in [0.4, 0.5) is 4.39 Å². The van der Waals surface area contributed by atoms with Crippen molar-refractivity contribution in [2.24, 2.45) is 0 Å². The Morgan fingerprint density at radius 3 is 2.82 bits per heavy atom. The molecule has 1 saturated heterocycles. The summed E-state index contributed by atoms with van der Waals surface area (Å²) in [5.41, 5.74) is 1.66. The van der Waals surface area contributed by atoms with Crippen molar-refractivity contribution in [2.75, 3.05) is 6.61 Å². The van der Waals surface area contributed by atoms with Crippen LogP contribution >= 0.6 is 23.1 Å². The standard InChI is InChI=1S/C23H24FN5O2S2/c1-12-13(2)32-22-18(12)21(30)25-19(26-22)14(3)33-23-28-27-20(15-6-8-16(24)9-7-15)29(23)11-17-5-4-10-31-17/h6-9,14,17H,4-5,10-11H2,1-3H3,(H,25,26,30)/t14-,17-/m0/s1. The van der Waals surface area contributed by atoms with Crippen LogP contribution in [0.5, 0.6) is 0 Å². The van der Waals surface area contributed by atoms with E-state index in [1.807, 2.05) is 25.3 Å². The molecule has 1 aromatic carbocycles. The molecule has 0 spiro atoms. The third-order valence-electron chi connectivity index (χ3n) is 5.95. The highest BCUT2D eigenvalue weighted by Gasteiger charge is 2.24. The molecule has 1 N–H and O–H groups in total. The minimum Gasteiger partial charge on any atom is -0.376 e. The molecule has 0 unspecified atom stereocenters. The molecule has 1 aliphatic rings. The molecule has 1 aliphatic heterocycles. The Balaban J connectivity index is 1.49. The molecule has 0 saturated carbocycles. The number of halogens is 1. The lowest BCUT2D eigenvalue weighted by atomic mass is 10.2. The van der Waals surface area contributed by atoms with E-state index in [1.165, 1.54) is 35.2 Å². The molecule has 0 bridgehead atoms. The Labute approximate surface area is 198 Å². The van der Waals surface area contributed by atoms with Crippen LogP contribution in [0.2, 0.25) is 0 Å². The van der Waals surface area contributed by atoms with Gasteiger partial charge in [-0.1, -0.05) is 11.8 Å². The van der Waals surface area contributed by atoms with Crippen molar-refractivity contribution in [3.63, 3.8) is 0 Å². The van der Waals surface area contributed by atoms with E-state index in [0.717, 1.165) is 40.3 Å². The molecule has 0 aliphatic carbocycles. The summed E-state index contributed by atoms with van der Waals surface area (Å²) in [5.74, 6) is 0.979. The fourth-order valence-electron chi connectivity index (χ4n) is 4.02. The van der Waals surface area contributed by atoms with Crippen LogP contribution in [0.25, 0.3) is 21.6 Å². The second-order valence-electron chi connectivity index (χ2n) is 8.23. The van der Waals surface area contributed by atoms with E-state index in [1.54, 1.807) is 12.1 Å². The molecule has 4 aromatic rings. The van der Waals surface area contributed by atoms with Crippen molar-refractivity contribution in [1.82, 2.24) is 24.7 Å². The number of fused-ring (bicyclic) bond motifs is 1. The number of benzene rings is 1. The van der Waals surface area contributed by atoms with E-state index in [9.17, 15) is 9.18 Å². The maximum Gasteiger partial charge on any atom is 0.259 e. The largest absolute Gasteiger partial charge is 0.376 e. The summed E-state index contributed by atoms with van der Waals surface area (Å²) >= 11 is 3.02. The third kappa shape index (κ3) is 4.34. The second kappa shape index (κ2) is 9.00. The van der Waals surface area contributed by atoms with Gasteiger partial charge in [-0.05, 0) is 63.4 Å². The summed E-state index contributed by atoms with van der Waals surface area (Å²) < 4.78 is 21.3. The maximum absolute atomic E-state index is 13.5. The molecular formula is C23H24FN5O2S2. The molecule has 2 atom stereocenters. The van der Waals surface area contributed by atoms with Gasteiger partial charge in [0.2, 0.25) is 0 Å². The van der Waals surface area contributed by atoms with Gasteiger partial charge >= 0.3 is 0 Å². The van der Waals surface area contributed by atoms with Gasteiger partial charge < -0.3 is 9.72 Å². The second-order valence-corrected chi connectivity index (χ2v) is 10.7. The number of aryl methyl sites for hydroxylation is 2. The molecule has 0 amide bonds. The number of aromatic nitrogens is 5. The van der Waals surface area contributed by atoms with Gasteiger partial charge in [-0.3, -0.25) is 9.36 Å². The normalized spacial score (nSPS) is 17.2. The van der Waals surface area contributed by atoms with E-state index in [2.05, 4.69) is 15.2 Å². The lowest BCUT2D eigenvalue weighted by molar-refractivity contribution is 0.0953. The van der Waals surface area contributed by atoms with E-state index in [0.29, 0.717) is 28.7 Å². The van der Waals surface area contributed by atoms with E-state index in [-0.39, 0.29) is 22.7 Å². The highest BCUT2D eigenvalue weighted by atomic mass is 32.2. The Hall–Kier alpha value is -2.56. The van der Waals surface area contributed by atoms with Crippen LogP contribution in [0.3, 0.4) is 0 Å². The maximum atomic E-state index is 13.5. The molecule has 4 heterocycles. The molecule has 172 valence electrons. The minimum absolute atomic E-state index is 0.0844. The van der Waals surface area contributed by atoms with Crippen LogP contribution < -0.4 is 5.56 Å². The highest BCUT2D eigenvalue weighted by Crippen LogP contribution is 2.36. The van der Waals surface area contributed by atoms with Gasteiger partial charge in [-0.15, -0.1) is 21.5 Å². The molecular weight excluding hydrogens is 461 g/mol. The van der Waals surface area contributed by atoms with Gasteiger partial charge in [0.05, 0.1) is 23.3 Å². The summed E-state index contributed by atoms with van der Waals surface area (Å²) in [7, 11) is 0. The number of aromatic amines is 1. The van der Waals surface area contributed by atoms with Crippen LogP contribution in [-0.4, -0.2) is 37.4 Å². The first kappa shape index (κ1) is 22.2. The van der Waals surface area contributed by atoms with Gasteiger partial charge in [-0.25, -0.2) is 9.37 Å². The lowest BCUT2D eigenvalue weighted by Crippen LogP contribution is -2.17. The third-order valence-corrected chi connectivity index (χ3v) is 8.14. The molecule has 10 heteroatoms. The van der Waals surface area contributed by atoms with Crippen molar-refractivity contribution in [2.45, 2.75) is 56.7 Å². The zero-order valence-corrected chi connectivity index (χ0v) is 20.2. The Morgan fingerprint density at radius 2 is 2.09 bits per heavy atom. The van der Waals surface area contributed by atoms with Gasteiger partial charge in [-0.2, -0.15) is 0 Å². The zero-order valence-electron chi connectivity index (χ0n) is 18.6. The number of thiophene rings is 1. The van der Waals surface area contributed by atoms with Crippen molar-refractivity contribution in [3.8, 4) is 11.4 Å². The Bertz CT molecular complexity index is 1360. The number of nitrogens with zero attached hydrogens (tertiary/aromatic N) is 4. The number of rotatable bonds is 6. The first-order chi connectivity index (χ1) is 15.9. The summed E-state index contributed by atoms with van der Waals surface area (Å²) in [6, 6.07) is 6.25. The molecule has 33 heavy (non-hydrogen) atoms. The molecule has 5 rings (SSSR count). The van der Waals surface area contributed by atoms with E-state index in [4.69, 9.17) is 9.72 Å². The highest BCUT2D eigenvalue weighted by molar-refractivity contribution is 7.99. The number of hydrogen-bond donors (Lipinski definition) is 1. The smallest absolute Gasteiger partial charge is 0.259 e. The number of hydrogen-bond acceptors (Lipinski definition) is 7. The topological polar surface area (TPSA) is 85.7 Å². The van der Waals surface area contributed by atoms with Gasteiger partial charge in [0.25, 0.3) is 5.56 Å². The number of H-pyrrole nitrogens is 1.